The molecule has 3 aromatic carbocycles. The lowest BCUT2D eigenvalue weighted by atomic mass is 9.74. The number of hydrogen-bond acceptors (Lipinski definition) is 5. The highest BCUT2D eigenvalue weighted by molar-refractivity contribution is 6.07. The minimum atomic E-state index is -5.05. The lowest BCUT2D eigenvalue weighted by Crippen LogP contribution is -2.68. The third-order valence-electron chi connectivity index (χ3n) is 9.82. The van der Waals surface area contributed by atoms with E-state index >= 15 is 0 Å². The Balaban J connectivity index is 1.38. The number of rotatable bonds is 9. The maximum atomic E-state index is 14.2. The van der Waals surface area contributed by atoms with Crippen LogP contribution in [0.5, 0.6) is 0 Å². The Bertz CT molecular complexity index is 1700. The summed E-state index contributed by atoms with van der Waals surface area (Å²) in [6, 6.07) is 18.2. The Morgan fingerprint density at radius 2 is 1.50 bits per heavy atom. The second-order valence-corrected chi connectivity index (χ2v) is 13.2. The molecule has 8 nitrogen and oxygen atoms in total. The Hall–Kier alpha value is -4.59. The van der Waals surface area contributed by atoms with Gasteiger partial charge in [-0.3, -0.25) is 15.0 Å². The van der Waals surface area contributed by atoms with E-state index in [-0.39, 0.29) is 50.1 Å². The molecule has 3 atom stereocenters. The maximum Gasteiger partial charge on any atom is 0.416 e. The molecule has 0 radical (unpaired) electrons. The molecule has 2 heterocycles. The van der Waals surface area contributed by atoms with Gasteiger partial charge in [0.1, 0.15) is 12.1 Å². The van der Waals surface area contributed by atoms with Gasteiger partial charge < -0.3 is 14.4 Å². The largest absolute Gasteiger partial charge is 0.445 e. The van der Waals surface area contributed by atoms with Crippen molar-refractivity contribution < 1.29 is 50.2 Å². The van der Waals surface area contributed by atoms with Gasteiger partial charge in [-0.2, -0.15) is 26.3 Å². The highest BCUT2D eigenvalue weighted by Crippen LogP contribution is 2.47. The van der Waals surface area contributed by atoms with E-state index in [0.29, 0.717) is 29.8 Å². The van der Waals surface area contributed by atoms with E-state index in [0.717, 1.165) is 12.8 Å². The fraction of sp³-hybridized carbons (Fsp3) is 0.417. The van der Waals surface area contributed by atoms with Crippen LogP contribution < -0.4 is 5.32 Å². The summed E-state index contributed by atoms with van der Waals surface area (Å²) < 4.78 is 94.0. The van der Waals surface area contributed by atoms with Crippen molar-refractivity contribution in [2.45, 2.75) is 68.7 Å². The number of carbonyl (C=O) groups excluding carboxylic acids is 3. The highest BCUT2D eigenvalue weighted by atomic mass is 19.4. The second-order valence-electron chi connectivity index (χ2n) is 13.2. The molecule has 1 saturated carbocycles. The zero-order valence-electron chi connectivity index (χ0n) is 27.0. The predicted octanol–water partition coefficient (Wildman–Crippen LogP) is 7.83. The number of hydrogen-bond donors (Lipinski definition) is 1. The summed E-state index contributed by atoms with van der Waals surface area (Å²) in [7, 11) is 0. The van der Waals surface area contributed by atoms with Crippen molar-refractivity contribution in [1.82, 2.24) is 15.1 Å². The smallest absolute Gasteiger partial charge is 0.416 e. The van der Waals surface area contributed by atoms with Gasteiger partial charge in [0.2, 0.25) is 0 Å². The van der Waals surface area contributed by atoms with Gasteiger partial charge >= 0.3 is 24.5 Å². The summed E-state index contributed by atoms with van der Waals surface area (Å²) in [5.74, 6) is -0.357. The number of carbonyl (C=O) groups is 3. The number of alkyl halides is 6. The van der Waals surface area contributed by atoms with Gasteiger partial charge in [0, 0.05) is 6.54 Å². The summed E-state index contributed by atoms with van der Waals surface area (Å²) in [4.78, 5) is 43.7. The van der Waals surface area contributed by atoms with Crippen LogP contribution in [0.1, 0.15) is 66.5 Å². The molecule has 3 aromatic rings. The van der Waals surface area contributed by atoms with Crippen LogP contribution in [0.25, 0.3) is 0 Å². The van der Waals surface area contributed by atoms with Crippen molar-refractivity contribution in [3.8, 4) is 0 Å². The number of halogens is 6. The average Bonchev–Trinajstić information content (AvgIpc) is 3.89. The quantitative estimate of drug-likeness (QED) is 0.181. The van der Waals surface area contributed by atoms with Crippen molar-refractivity contribution in [2.24, 2.45) is 5.92 Å². The van der Waals surface area contributed by atoms with Crippen molar-refractivity contribution in [3.05, 3.63) is 107 Å². The first-order valence-electron chi connectivity index (χ1n) is 16.2. The van der Waals surface area contributed by atoms with Gasteiger partial charge in [-0.25, -0.2) is 9.59 Å². The van der Waals surface area contributed by atoms with E-state index in [2.05, 4.69) is 5.32 Å². The molecule has 50 heavy (non-hydrogen) atoms. The van der Waals surface area contributed by atoms with Crippen LogP contribution in [0.15, 0.2) is 78.9 Å². The molecule has 3 fully saturated rings. The number of imide groups is 1. The van der Waals surface area contributed by atoms with Crippen molar-refractivity contribution >= 4 is 18.0 Å². The molecule has 0 bridgehead atoms. The van der Waals surface area contributed by atoms with Gasteiger partial charge in [0.25, 0.3) is 5.91 Å². The van der Waals surface area contributed by atoms with E-state index in [9.17, 15) is 40.7 Å². The number of ether oxygens (including phenoxy) is 2. The number of urea groups is 1. The molecule has 0 aromatic heterocycles. The van der Waals surface area contributed by atoms with Gasteiger partial charge in [-0.15, -0.1) is 0 Å². The zero-order chi connectivity index (χ0) is 35.9. The van der Waals surface area contributed by atoms with Crippen LogP contribution >= 0.6 is 0 Å². The molecule has 2 saturated heterocycles. The molecule has 2 aliphatic heterocycles. The van der Waals surface area contributed by atoms with Crippen LogP contribution in [0.3, 0.4) is 0 Å². The summed E-state index contributed by atoms with van der Waals surface area (Å²) in [5, 5.41) is 2.41. The maximum absolute atomic E-state index is 14.2. The molecule has 1 aliphatic carbocycles. The van der Waals surface area contributed by atoms with Gasteiger partial charge in [-0.05, 0) is 73.4 Å². The molecule has 3 aliphatic rings. The Morgan fingerprint density at radius 3 is 2.08 bits per heavy atom. The Kier molecular flexibility index (Phi) is 9.35. The third kappa shape index (κ3) is 7.03. The third-order valence-corrected chi connectivity index (χ3v) is 9.82. The van der Waals surface area contributed by atoms with E-state index in [1.54, 1.807) is 60.7 Å². The van der Waals surface area contributed by atoms with E-state index in [4.69, 9.17) is 9.47 Å². The molecule has 14 heteroatoms. The second kappa shape index (κ2) is 13.3. The number of amides is 4. The molecular weight excluding hydrogens is 668 g/mol. The summed E-state index contributed by atoms with van der Waals surface area (Å²) in [5.41, 5.74) is -4.94. The number of nitrogens with zero attached hydrogens (tertiary/aromatic N) is 2. The zero-order valence-corrected chi connectivity index (χ0v) is 27.0. The normalized spacial score (nSPS) is 23.3. The molecule has 266 valence electrons. The van der Waals surface area contributed by atoms with Crippen LogP contribution in [0.2, 0.25) is 0 Å². The fourth-order valence-corrected chi connectivity index (χ4v) is 6.75. The highest BCUT2D eigenvalue weighted by Gasteiger charge is 2.61. The topological polar surface area (TPSA) is 88.2 Å². The van der Waals surface area contributed by atoms with E-state index in [1.807, 2.05) is 0 Å². The van der Waals surface area contributed by atoms with E-state index in [1.165, 1.54) is 16.7 Å². The van der Waals surface area contributed by atoms with Crippen molar-refractivity contribution in [2.75, 3.05) is 19.7 Å². The average molecular weight is 704 g/mol. The van der Waals surface area contributed by atoms with Crippen LogP contribution in [0.4, 0.5) is 35.9 Å². The SMILES string of the molecule is C[C@@H](OC[C@@]1(c2ccccc2)CCC2(CN1C(=O)OCc1ccccc1)C(=O)NC(=O)N2CC1CC1)c1cc(C(F)(F)F)cc(C(F)(F)F)c1. The number of benzene rings is 3. The van der Waals surface area contributed by atoms with Gasteiger partial charge in [0.15, 0.2) is 0 Å². The van der Waals surface area contributed by atoms with Crippen molar-refractivity contribution in [3.63, 3.8) is 0 Å². The van der Waals surface area contributed by atoms with E-state index < -0.39 is 58.7 Å². The lowest BCUT2D eigenvalue weighted by Gasteiger charge is -2.53. The lowest BCUT2D eigenvalue weighted by molar-refractivity contribution is -0.143. The summed E-state index contributed by atoms with van der Waals surface area (Å²) in [6.07, 6.45) is -10.3. The van der Waals surface area contributed by atoms with Gasteiger partial charge in [-0.1, -0.05) is 60.7 Å². The molecule has 1 spiro atoms. The molecule has 1 N–H and O–H groups in total. The molecule has 1 unspecified atom stereocenters. The van der Waals surface area contributed by atoms with Crippen LogP contribution in [0, 0.1) is 5.92 Å². The summed E-state index contributed by atoms with van der Waals surface area (Å²) >= 11 is 0. The number of nitrogens with one attached hydrogen (secondary N) is 1. The molecule has 6 rings (SSSR count). The Morgan fingerprint density at radius 1 is 0.900 bits per heavy atom. The standard InChI is InChI=1S/C36H35F6N3O5/c1-23(26-16-28(35(37,38)39)18-29(17-26)36(40,41)42)50-22-34(27-10-6-3-7-11-27)15-14-33(30(46)43-31(47)44(33)19-24-12-13-24)21-45(34)32(48)49-20-25-8-4-2-5-9-25/h2-11,16-18,23-24H,12-15,19-22H2,1H3,(H,43,46,47)/t23-,33?,34-/m1/s1. The first kappa shape index (κ1) is 35.2. The van der Waals surface area contributed by atoms with Crippen molar-refractivity contribution in [1.29, 1.82) is 0 Å². The first-order valence-corrected chi connectivity index (χ1v) is 16.2. The minimum absolute atomic E-state index is 0.0441. The van der Waals surface area contributed by atoms with Crippen LogP contribution in [-0.4, -0.2) is 53.1 Å². The minimum Gasteiger partial charge on any atom is -0.445 e. The monoisotopic (exact) mass is 703 g/mol. The summed E-state index contributed by atoms with van der Waals surface area (Å²) in [6.45, 7) is 0.834. The molecule has 4 amide bonds. The Labute approximate surface area is 284 Å². The fourth-order valence-electron chi connectivity index (χ4n) is 6.75. The van der Waals surface area contributed by atoms with Crippen LogP contribution in [-0.2, 0) is 38.8 Å². The first-order chi connectivity index (χ1) is 23.6. The molecular formula is C36H35F6N3O5. The number of piperidine rings is 1. The predicted molar refractivity (Wildman–Crippen MR) is 167 cm³/mol. The number of likely N-dealkylation sites (tertiary alicyclic amines) is 1. The van der Waals surface area contributed by atoms with Gasteiger partial charge in [0.05, 0.1) is 35.9 Å².